The molecule has 21 heavy (non-hydrogen) atoms. The van der Waals surface area contributed by atoms with Gasteiger partial charge in [0.1, 0.15) is 17.9 Å². The lowest BCUT2D eigenvalue weighted by Crippen LogP contribution is -2.45. The van der Waals surface area contributed by atoms with Crippen LogP contribution in [0.15, 0.2) is 18.5 Å². The Morgan fingerprint density at radius 1 is 1.43 bits per heavy atom. The number of hydrogen-bond acceptors (Lipinski definition) is 5. The summed E-state index contributed by atoms with van der Waals surface area (Å²) >= 11 is 0. The Morgan fingerprint density at radius 2 is 2.19 bits per heavy atom. The molecule has 1 aromatic rings. The Morgan fingerprint density at radius 3 is 2.90 bits per heavy atom. The molecule has 0 spiro atoms. The number of fused-ring (bicyclic) bond motifs is 1. The minimum Gasteiger partial charge on any atom is -0.368 e. The van der Waals surface area contributed by atoms with Gasteiger partial charge < -0.3 is 10.6 Å². The fourth-order valence-corrected chi connectivity index (χ4v) is 3.80. The first-order chi connectivity index (χ1) is 10.1. The zero-order chi connectivity index (χ0) is 15.0. The number of nitro groups is 1. The number of amides is 1. The second-order valence-corrected chi connectivity index (χ2v) is 5.79. The first-order valence-electron chi connectivity index (χ1n) is 7.25. The maximum Gasteiger partial charge on any atom is 0.310 e. The summed E-state index contributed by atoms with van der Waals surface area (Å²) in [7, 11) is 0. The number of nitrogens with two attached hydrogens (primary N) is 1. The molecule has 1 amide bonds. The maximum atomic E-state index is 11.8. The normalized spacial score (nSPS) is 28.2. The van der Waals surface area contributed by atoms with E-state index in [0.29, 0.717) is 18.0 Å². The van der Waals surface area contributed by atoms with Crippen LogP contribution in [0.3, 0.4) is 0 Å². The van der Waals surface area contributed by atoms with Gasteiger partial charge in [0.25, 0.3) is 0 Å². The lowest BCUT2D eigenvalue weighted by molar-refractivity contribution is -0.384. The minimum absolute atomic E-state index is 0.0602. The van der Waals surface area contributed by atoms with Gasteiger partial charge in [0.2, 0.25) is 5.91 Å². The molecule has 3 atom stereocenters. The predicted octanol–water partition coefficient (Wildman–Crippen LogP) is 1.61. The van der Waals surface area contributed by atoms with E-state index >= 15 is 0 Å². The number of anilines is 1. The van der Waals surface area contributed by atoms with Crippen LogP contribution in [0.25, 0.3) is 0 Å². The fraction of sp³-hybridized carbons (Fsp3) is 0.571. The van der Waals surface area contributed by atoms with Crippen molar-refractivity contribution >= 4 is 17.3 Å². The second kappa shape index (κ2) is 5.31. The molecule has 1 saturated carbocycles. The fourth-order valence-electron chi connectivity index (χ4n) is 3.80. The number of carbonyl (C=O) groups excluding carboxylic acids is 1. The van der Waals surface area contributed by atoms with Crippen LogP contribution in [-0.2, 0) is 4.79 Å². The average Bonchev–Trinajstić information content (AvgIpc) is 2.86. The number of rotatable bonds is 3. The molecular formula is C14H18N4O3. The highest BCUT2D eigenvalue weighted by Gasteiger charge is 2.46. The van der Waals surface area contributed by atoms with E-state index in [0.717, 1.165) is 25.7 Å². The van der Waals surface area contributed by atoms with Crippen molar-refractivity contribution in [2.24, 2.45) is 11.7 Å². The van der Waals surface area contributed by atoms with Crippen LogP contribution < -0.4 is 10.6 Å². The van der Waals surface area contributed by atoms with Gasteiger partial charge in [0.15, 0.2) is 0 Å². The van der Waals surface area contributed by atoms with Crippen LogP contribution in [0.1, 0.15) is 32.1 Å². The molecular weight excluding hydrogens is 272 g/mol. The third-order valence-electron chi connectivity index (χ3n) is 4.67. The highest BCUT2D eigenvalue weighted by molar-refractivity contribution is 5.86. The van der Waals surface area contributed by atoms with E-state index in [1.54, 1.807) is 6.07 Å². The van der Waals surface area contributed by atoms with Crippen LogP contribution in [0, 0.1) is 16.0 Å². The quantitative estimate of drug-likeness (QED) is 0.673. The second-order valence-electron chi connectivity index (χ2n) is 5.79. The van der Waals surface area contributed by atoms with Crippen LogP contribution in [0.5, 0.6) is 0 Å². The van der Waals surface area contributed by atoms with Gasteiger partial charge in [-0.1, -0.05) is 12.8 Å². The third-order valence-corrected chi connectivity index (χ3v) is 4.67. The van der Waals surface area contributed by atoms with Gasteiger partial charge in [0, 0.05) is 12.2 Å². The number of aromatic nitrogens is 1. The summed E-state index contributed by atoms with van der Waals surface area (Å²) in [6, 6.07) is 1.32. The molecule has 2 heterocycles. The molecule has 2 N–H and O–H groups in total. The number of hydrogen-bond donors (Lipinski definition) is 1. The minimum atomic E-state index is -0.459. The largest absolute Gasteiger partial charge is 0.368 e. The maximum absolute atomic E-state index is 11.8. The zero-order valence-electron chi connectivity index (χ0n) is 11.6. The Hall–Kier alpha value is -2.18. The smallest absolute Gasteiger partial charge is 0.310 e. The summed E-state index contributed by atoms with van der Waals surface area (Å²) in [6.07, 6.45) is 7.71. The van der Waals surface area contributed by atoms with E-state index in [4.69, 9.17) is 5.73 Å². The lowest BCUT2D eigenvalue weighted by atomic mass is 9.84. The molecule has 0 aromatic carbocycles. The van der Waals surface area contributed by atoms with Crippen LogP contribution in [0.4, 0.5) is 11.4 Å². The van der Waals surface area contributed by atoms with Gasteiger partial charge in [-0.2, -0.15) is 0 Å². The number of carbonyl (C=O) groups is 1. The highest BCUT2D eigenvalue weighted by atomic mass is 16.6. The Bertz CT molecular complexity index is 577. The monoisotopic (exact) mass is 290 g/mol. The Balaban J connectivity index is 2.04. The summed E-state index contributed by atoms with van der Waals surface area (Å²) in [5, 5.41) is 11.2. The summed E-state index contributed by atoms with van der Waals surface area (Å²) in [5.41, 5.74) is 5.95. The molecule has 7 heteroatoms. The number of pyridine rings is 1. The summed E-state index contributed by atoms with van der Waals surface area (Å²) < 4.78 is 0. The van der Waals surface area contributed by atoms with Crippen molar-refractivity contribution in [1.82, 2.24) is 4.98 Å². The summed E-state index contributed by atoms with van der Waals surface area (Å²) in [5.74, 6) is -0.0143. The van der Waals surface area contributed by atoms with Crippen molar-refractivity contribution in [3.05, 3.63) is 28.6 Å². The molecule has 3 rings (SSSR count). The van der Waals surface area contributed by atoms with Crippen molar-refractivity contribution < 1.29 is 9.72 Å². The molecule has 1 aliphatic carbocycles. The van der Waals surface area contributed by atoms with E-state index < -0.39 is 16.9 Å². The van der Waals surface area contributed by atoms with Crippen LogP contribution in [-0.4, -0.2) is 27.9 Å². The molecule has 1 saturated heterocycles. The van der Waals surface area contributed by atoms with Gasteiger partial charge in [-0.05, 0) is 31.2 Å². The molecule has 112 valence electrons. The van der Waals surface area contributed by atoms with Gasteiger partial charge in [0.05, 0.1) is 4.92 Å². The summed E-state index contributed by atoms with van der Waals surface area (Å²) in [6.45, 7) is 0. The van der Waals surface area contributed by atoms with Gasteiger partial charge in [-0.15, -0.1) is 0 Å². The molecule has 1 aromatic heterocycles. The van der Waals surface area contributed by atoms with Crippen molar-refractivity contribution in [2.45, 2.75) is 44.2 Å². The van der Waals surface area contributed by atoms with Crippen molar-refractivity contribution in [3.63, 3.8) is 0 Å². The molecule has 1 aliphatic heterocycles. The SMILES string of the molecule is NC(=O)[C@@H]1C[C@@H]2CCCC[C@H]2N1c1ccncc1[N+](=O)[O-]. The van der Waals surface area contributed by atoms with E-state index in [2.05, 4.69) is 4.98 Å². The van der Waals surface area contributed by atoms with Gasteiger partial charge >= 0.3 is 5.69 Å². The van der Waals surface area contributed by atoms with E-state index in [1.807, 2.05) is 4.90 Å². The standard InChI is InChI=1S/C14H18N4O3/c15-14(19)12-7-9-3-1-2-4-10(9)17(12)11-5-6-16-8-13(11)18(20)21/h5-6,8-10,12H,1-4,7H2,(H2,15,19)/t9-,10+,12-/m0/s1. The molecule has 0 bridgehead atoms. The predicted molar refractivity (Wildman–Crippen MR) is 76.7 cm³/mol. The Kier molecular flexibility index (Phi) is 3.48. The van der Waals surface area contributed by atoms with E-state index in [1.165, 1.54) is 12.4 Å². The number of nitrogens with zero attached hydrogens (tertiary/aromatic N) is 3. The zero-order valence-corrected chi connectivity index (χ0v) is 11.6. The third kappa shape index (κ3) is 2.32. The highest BCUT2D eigenvalue weighted by Crippen LogP contribution is 2.44. The van der Waals surface area contributed by atoms with Gasteiger partial charge in [-0.3, -0.25) is 19.9 Å². The van der Waals surface area contributed by atoms with Crippen molar-refractivity contribution in [1.29, 1.82) is 0 Å². The molecule has 2 fully saturated rings. The van der Waals surface area contributed by atoms with Crippen LogP contribution >= 0.6 is 0 Å². The molecule has 0 unspecified atom stereocenters. The van der Waals surface area contributed by atoms with E-state index in [9.17, 15) is 14.9 Å². The topological polar surface area (TPSA) is 102 Å². The first-order valence-corrected chi connectivity index (χ1v) is 7.25. The Labute approximate surface area is 122 Å². The summed E-state index contributed by atoms with van der Waals surface area (Å²) in [4.78, 5) is 28.3. The lowest BCUT2D eigenvalue weighted by Gasteiger charge is -2.34. The van der Waals surface area contributed by atoms with Crippen LogP contribution in [0.2, 0.25) is 0 Å². The number of primary amides is 1. The average molecular weight is 290 g/mol. The van der Waals surface area contributed by atoms with Crippen molar-refractivity contribution in [2.75, 3.05) is 4.90 Å². The molecule has 0 radical (unpaired) electrons. The molecule has 7 nitrogen and oxygen atoms in total. The van der Waals surface area contributed by atoms with Gasteiger partial charge in [-0.25, -0.2) is 0 Å². The van der Waals surface area contributed by atoms with E-state index in [-0.39, 0.29) is 11.7 Å². The molecule has 2 aliphatic rings. The van der Waals surface area contributed by atoms with Crippen molar-refractivity contribution in [3.8, 4) is 0 Å². The first kappa shape index (κ1) is 13.8.